The van der Waals surface area contributed by atoms with Gasteiger partial charge in [0.05, 0.1) is 18.4 Å². The summed E-state index contributed by atoms with van der Waals surface area (Å²) in [6, 6.07) is 14.9. The second-order valence-electron chi connectivity index (χ2n) is 5.16. The molecule has 2 aromatic carbocycles. The zero-order valence-corrected chi connectivity index (χ0v) is 12.3. The van der Waals surface area contributed by atoms with Crippen LogP contribution in [0.15, 0.2) is 54.7 Å². The third kappa shape index (κ3) is 2.68. The first kappa shape index (κ1) is 14.2. The smallest absolute Gasteiger partial charge is 0.335 e. The van der Waals surface area contributed by atoms with Crippen molar-refractivity contribution < 1.29 is 14.6 Å². The third-order valence-corrected chi connectivity index (χ3v) is 3.81. The summed E-state index contributed by atoms with van der Waals surface area (Å²) in [5.74, 6) is -0.0682. The SMILES string of the molecule is COc1ccccc1N1C=C(c2cccc(C(=O)O)c2)CC1. The van der Waals surface area contributed by atoms with Gasteiger partial charge in [0.15, 0.2) is 0 Å². The maximum atomic E-state index is 11.1. The Morgan fingerprint density at radius 2 is 2.00 bits per heavy atom. The number of para-hydroxylation sites is 2. The molecule has 0 aromatic heterocycles. The minimum atomic E-state index is -0.901. The highest BCUT2D eigenvalue weighted by Gasteiger charge is 2.18. The van der Waals surface area contributed by atoms with Crippen LogP contribution in [0.25, 0.3) is 5.57 Å². The van der Waals surface area contributed by atoms with E-state index in [1.807, 2.05) is 30.3 Å². The second kappa shape index (κ2) is 5.93. The van der Waals surface area contributed by atoms with Gasteiger partial charge in [-0.2, -0.15) is 0 Å². The van der Waals surface area contributed by atoms with Crippen molar-refractivity contribution in [2.45, 2.75) is 6.42 Å². The molecule has 3 rings (SSSR count). The second-order valence-corrected chi connectivity index (χ2v) is 5.16. The Morgan fingerprint density at radius 1 is 1.18 bits per heavy atom. The fourth-order valence-corrected chi connectivity index (χ4v) is 2.69. The number of carboxylic acids is 1. The van der Waals surface area contributed by atoms with Crippen LogP contribution >= 0.6 is 0 Å². The van der Waals surface area contributed by atoms with E-state index in [-0.39, 0.29) is 0 Å². The van der Waals surface area contributed by atoms with E-state index in [1.54, 1.807) is 25.3 Å². The van der Waals surface area contributed by atoms with Gasteiger partial charge >= 0.3 is 5.97 Å². The number of nitrogens with zero attached hydrogens (tertiary/aromatic N) is 1. The molecule has 2 aromatic rings. The molecule has 0 saturated carbocycles. The van der Waals surface area contributed by atoms with E-state index < -0.39 is 5.97 Å². The number of methoxy groups -OCH3 is 1. The predicted molar refractivity (Wildman–Crippen MR) is 86.3 cm³/mol. The summed E-state index contributed by atoms with van der Waals surface area (Å²) in [5.41, 5.74) is 3.43. The molecule has 0 radical (unpaired) electrons. The van der Waals surface area contributed by atoms with Crippen LogP contribution in [0, 0.1) is 0 Å². The van der Waals surface area contributed by atoms with Gasteiger partial charge in [-0.05, 0) is 41.8 Å². The molecule has 4 heteroatoms. The van der Waals surface area contributed by atoms with Crippen molar-refractivity contribution in [3.8, 4) is 5.75 Å². The molecule has 22 heavy (non-hydrogen) atoms. The number of anilines is 1. The number of benzene rings is 2. The highest BCUT2D eigenvalue weighted by Crippen LogP contribution is 2.34. The van der Waals surface area contributed by atoms with Gasteiger partial charge in [0, 0.05) is 12.7 Å². The quantitative estimate of drug-likeness (QED) is 0.935. The summed E-state index contributed by atoms with van der Waals surface area (Å²) in [6.45, 7) is 0.854. The summed E-state index contributed by atoms with van der Waals surface area (Å²) < 4.78 is 5.40. The van der Waals surface area contributed by atoms with Gasteiger partial charge in [-0.25, -0.2) is 4.79 Å². The van der Waals surface area contributed by atoms with Crippen molar-refractivity contribution in [1.29, 1.82) is 0 Å². The molecule has 0 aliphatic carbocycles. The van der Waals surface area contributed by atoms with Crippen LogP contribution in [-0.4, -0.2) is 24.7 Å². The molecule has 0 bridgehead atoms. The van der Waals surface area contributed by atoms with E-state index in [2.05, 4.69) is 11.1 Å². The Hall–Kier alpha value is -2.75. The Balaban J connectivity index is 1.91. The average Bonchev–Trinajstić information content (AvgIpc) is 3.04. The number of rotatable bonds is 4. The molecule has 4 nitrogen and oxygen atoms in total. The number of carboxylic acid groups (broad SMARTS) is 1. The molecule has 0 spiro atoms. The van der Waals surface area contributed by atoms with Crippen molar-refractivity contribution in [3.05, 3.63) is 65.9 Å². The van der Waals surface area contributed by atoms with Crippen molar-refractivity contribution in [1.82, 2.24) is 0 Å². The number of aromatic carboxylic acids is 1. The molecule has 1 aliphatic heterocycles. The number of hydrogen-bond donors (Lipinski definition) is 1. The fourth-order valence-electron chi connectivity index (χ4n) is 2.69. The molecule has 0 fully saturated rings. The Morgan fingerprint density at radius 3 is 2.77 bits per heavy atom. The van der Waals surface area contributed by atoms with Crippen molar-refractivity contribution in [2.24, 2.45) is 0 Å². The van der Waals surface area contributed by atoms with Gasteiger partial charge < -0.3 is 14.7 Å². The minimum absolute atomic E-state index is 0.314. The minimum Gasteiger partial charge on any atom is -0.495 e. The lowest BCUT2D eigenvalue weighted by Crippen LogP contribution is -2.12. The first-order valence-electron chi connectivity index (χ1n) is 7.13. The summed E-state index contributed by atoms with van der Waals surface area (Å²) in [7, 11) is 1.66. The van der Waals surface area contributed by atoms with Crippen LogP contribution < -0.4 is 9.64 Å². The summed E-state index contributed by atoms with van der Waals surface area (Å²) >= 11 is 0. The van der Waals surface area contributed by atoms with E-state index in [9.17, 15) is 4.79 Å². The Kier molecular flexibility index (Phi) is 3.83. The molecule has 1 aliphatic rings. The summed E-state index contributed by atoms with van der Waals surface area (Å²) in [4.78, 5) is 13.2. The van der Waals surface area contributed by atoms with E-state index in [0.29, 0.717) is 5.56 Å². The lowest BCUT2D eigenvalue weighted by molar-refractivity contribution is 0.0697. The third-order valence-electron chi connectivity index (χ3n) is 3.81. The maximum absolute atomic E-state index is 11.1. The van der Waals surface area contributed by atoms with Crippen LogP contribution in [0.1, 0.15) is 22.3 Å². The van der Waals surface area contributed by atoms with E-state index in [4.69, 9.17) is 9.84 Å². The molecule has 112 valence electrons. The van der Waals surface area contributed by atoms with Crippen molar-refractivity contribution in [3.63, 3.8) is 0 Å². The van der Waals surface area contributed by atoms with E-state index in [1.165, 1.54) is 0 Å². The highest BCUT2D eigenvalue weighted by atomic mass is 16.5. The van der Waals surface area contributed by atoms with Gasteiger partial charge in [0.2, 0.25) is 0 Å². The molecule has 0 atom stereocenters. The summed E-state index contributed by atoms with van der Waals surface area (Å²) in [6.07, 6.45) is 2.94. The van der Waals surface area contributed by atoms with Crippen LogP contribution in [0.2, 0.25) is 0 Å². The van der Waals surface area contributed by atoms with E-state index >= 15 is 0 Å². The van der Waals surface area contributed by atoms with E-state index in [0.717, 1.165) is 35.5 Å². The molecule has 0 unspecified atom stereocenters. The fraction of sp³-hybridized carbons (Fsp3) is 0.167. The monoisotopic (exact) mass is 295 g/mol. The first-order valence-corrected chi connectivity index (χ1v) is 7.13. The largest absolute Gasteiger partial charge is 0.495 e. The lowest BCUT2D eigenvalue weighted by Gasteiger charge is -2.18. The number of ether oxygens (including phenoxy) is 1. The van der Waals surface area contributed by atoms with Gasteiger partial charge in [-0.1, -0.05) is 24.3 Å². The zero-order valence-electron chi connectivity index (χ0n) is 12.3. The summed E-state index contributed by atoms with van der Waals surface area (Å²) in [5, 5.41) is 9.10. The number of carbonyl (C=O) groups is 1. The van der Waals surface area contributed by atoms with Gasteiger partial charge in [0.1, 0.15) is 5.75 Å². The van der Waals surface area contributed by atoms with Crippen LogP contribution in [0.4, 0.5) is 5.69 Å². The topological polar surface area (TPSA) is 49.8 Å². The highest BCUT2D eigenvalue weighted by molar-refractivity contribution is 5.89. The van der Waals surface area contributed by atoms with Gasteiger partial charge in [-0.3, -0.25) is 0 Å². The number of hydrogen-bond acceptors (Lipinski definition) is 3. The lowest BCUT2D eigenvalue weighted by atomic mass is 10.0. The molecular formula is C18H17NO3. The molecule has 1 heterocycles. The molecule has 0 saturated heterocycles. The van der Waals surface area contributed by atoms with Crippen LogP contribution in [-0.2, 0) is 0 Å². The average molecular weight is 295 g/mol. The van der Waals surface area contributed by atoms with Crippen molar-refractivity contribution in [2.75, 3.05) is 18.6 Å². The maximum Gasteiger partial charge on any atom is 0.335 e. The Labute approximate surface area is 129 Å². The van der Waals surface area contributed by atoms with Crippen LogP contribution in [0.5, 0.6) is 5.75 Å². The predicted octanol–water partition coefficient (Wildman–Crippen LogP) is 3.64. The molecular weight excluding hydrogens is 278 g/mol. The molecule has 0 amide bonds. The Bertz CT molecular complexity index is 737. The zero-order chi connectivity index (χ0) is 15.5. The standard InChI is InChI=1S/C18H17NO3/c1-22-17-8-3-2-7-16(17)19-10-9-15(12-19)13-5-4-6-14(11-13)18(20)21/h2-8,11-12H,9-10H2,1H3,(H,20,21). The first-order chi connectivity index (χ1) is 10.7. The van der Waals surface area contributed by atoms with Gasteiger partial charge in [0.25, 0.3) is 0 Å². The van der Waals surface area contributed by atoms with Gasteiger partial charge in [-0.15, -0.1) is 0 Å². The molecule has 1 N–H and O–H groups in total. The normalized spacial score (nSPS) is 13.9. The van der Waals surface area contributed by atoms with Crippen LogP contribution in [0.3, 0.4) is 0 Å². The van der Waals surface area contributed by atoms with Crippen molar-refractivity contribution >= 4 is 17.2 Å².